The van der Waals surface area contributed by atoms with Crippen LogP contribution in [0.15, 0.2) is 4.99 Å². The van der Waals surface area contributed by atoms with Gasteiger partial charge >= 0.3 is 0 Å². The molecule has 0 aromatic rings. The number of hydrogen-bond donors (Lipinski definition) is 0. The number of rotatable bonds is 1. The van der Waals surface area contributed by atoms with Gasteiger partial charge in [-0.25, -0.2) is 0 Å². The normalized spacial score (nSPS) is 19.5. The van der Waals surface area contributed by atoms with Gasteiger partial charge in [-0.3, -0.25) is 4.99 Å². The van der Waals surface area contributed by atoms with Crippen molar-refractivity contribution in [2.24, 2.45) is 4.99 Å². The average Bonchev–Trinajstić information content (AvgIpc) is 2.17. The van der Waals surface area contributed by atoms with Crippen molar-refractivity contribution in [1.82, 2.24) is 0 Å². The van der Waals surface area contributed by atoms with Crippen LogP contribution in [-0.2, 0) is 9.47 Å². The highest BCUT2D eigenvalue weighted by Gasteiger charge is 2.02. The van der Waals surface area contributed by atoms with E-state index in [4.69, 9.17) is 9.47 Å². The summed E-state index contributed by atoms with van der Waals surface area (Å²) in [6.07, 6.45) is 0.827. The molecule has 0 fully saturated rings. The van der Waals surface area contributed by atoms with Gasteiger partial charge in [-0.05, 0) is 6.92 Å². The Bertz CT molecular complexity index is 123. The van der Waals surface area contributed by atoms with Crippen molar-refractivity contribution in [3.05, 3.63) is 0 Å². The van der Waals surface area contributed by atoms with Crippen molar-refractivity contribution in [2.45, 2.75) is 13.3 Å². The molecule has 0 amide bonds. The van der Waals surface area contributed by atoms with Crippen molar-refractivity contribution in [2.75, 3.05) is 26.4 Å². The quantitative estimate of drug-likeness (QED) is 0.544. The molecule has 0 saturated heterocycles. The van der Waals surface area contributed by atoms with E-state index in [9.17, 15) is 0 Å². The van der Waals surface area contributed by atoms with E-state index in [-0.39, 0.29) is 0 Å². The second kappa shape index (κ2) is 4.28. The molecule has 0 aromatic heterocycles. The van der Waals surface area contributed by atoms with E-state index < -0.39 is 0 Å². The molecule has 58 valence electrons. The highest BCUT2D eigenvalue weighted by molar-refractivity contribution is 5.76. The second-order valence-corrected chi connectivity index (χ2v) is 2.07. The van der Waals surface area contributed by atoms with Gasteiger partial charge in [0.05, 0.1) is 26.4 Å². The molecule has 1 heterocycles. The monoisotopic (exact) mass is 143 g/mol. The fraction of sp³-hybridized carbons (Fsp3) is 0.857. The average molecular weight is 143 g/mol. The summed E-state index contributed by atoms with van der Waals surface area (Å²) < 4.78 is 10.4. The Labute approximate surface area is 61.0 Å². The van der Waals surface area contributed by atoms with Crippen molar-refractivity contribution < 1.29 is 9.47 Å². The summed E-state index contributed by atoms with van der Waals surface area (Å²) >= 11 is 0. The highest BCUT2D eigenvalue weighted by atomic mass is 16.5. The number of nitrogens with zero attached hydrogens (tertiary/aromatic N) is 1. The first-order chi connectivity index (χ1) is 4.93. The van der Waals surface area contributed by atoms with Gasteiger partial charge in [-0.2, -0.15) is 0 Å². The van der Waals surface area contributed by atoms with Crippen LogP contribution in [0.3, 0.4) is 0 Å². The maximum atomic E-state index is 5.23. The Morgan fingerprint density at radius 1 is 1.60 bits per heavy atom. The molecule has 0 unspecified atom stereocenters. The Kier molecular flexibility index (Phi) is 3.22. The van der Waals surface area contributed by atoms with E-state index in [1.807, 2.05) is 6.92 Å². The first-order valence-corrected chi connectivity index (χ1v) is 3.67. The molecule has 1 aliphatic heterocycles. The fourth-order valence-corrected chi connectivity index (χ4v) is 0.860. The van der Waals surface area contributed by atoms with Crippen LogP contribution in [-0.4, -0.2) is 32.3 Å². The lowest BCUT2D eigenvalue weighted by molar-refractivity contribution is 0.151. The topological polar surface area (TPSA) is 30.8 Å². The van der Waals surface area contributed by atoms with E-state index in [2.05, 4.69) is 4.99 Å². The van der Waals surface area contributed by atoms with Gasteiger partial charge in [0.2, 0.25) is 0 Å². The number of hydrogen-bond acceptors (Lipinski definition) is 3. The van der Waals surface area contributed by atoms with Crippen LogP contribution in [0.2, 0.25) is 0 Å². The lowest BCUT2D eigenvalue weighted by Crippen LogP contribution is -2.05. The lowest BCUT2D eigenvalue weighted by atomic mass is 10.4. The van der Waals surface area contributed by atoms with E-state index in [0.29, 0.717) is 6.61 Å². The Hall–Kier alpha value is -0.570. The second-order valence-electron chi connectivity index (χ2n) is 2.07. The minimum atomic E-state index is 0.707. The maximum Gasteiger partial charge on any atom is 0.185 e. The van der Waals surface area contributed by atoms with Gasteiger partial charge in [0, 0.05) is 6.42 Å². The summed E-state index contributed by atoms with van der Waals surface area (Å²) in [5, 5.41) is 0. The van der Waals surface area contributed by atoms with E-state index in [1.165, 1.54) is 0 Å². The summed E-state index contributed by atoms with van der Waals surface area (Å²) in [6.45, 7) is 4.90. The van der Waals surface area contributed by atoms with E-state index in [0.717, 1.165) is 32.1 Å². The van der Waals surface area contributed by atoms with Crippen LogP contribution in [0, 0.1) is 0 Å². The number of aliphatic imine (C=N–C) groups is 1. The third kappa shape index (κ3) is 2.35. The van der Waals surface area contributed by atoms with Gasteiger partial charge in [0.15, 0.2) is 5.90 Å². The smallest absolute Gasteiger partial charge is 0.185 e. The van der Waals surface area contributed by atoms with Gasteiger partial charge in [-0.15, -0.1) is 0 Å². The van der Waals surface area contributed by atoms with E-state index in [1.54, 1.807) is 0 Å². The number of ether oxygens (including phenoxy) is 2. The third-order valence-electron chi connectivity index (χ3n) is 1.29. The summed E-state index contributed by atoms with van der Waals surface area (Å²) in [5.41, 5.74) is 0. The van der Waals surface area contributed by atoms with Crippen molar-refractivity contribution in [3.8, 4) is 0 Å². The standard InChI is InChI=1S/C7H13NO2/c1-2-10-7-3-5-9-6-4-8-7/h2-6H2,1H3. The van der Waals surface area contributed by atoms with Crippen molar-refractivity contribution >= 4 is 5.90 Å². The molecule has 0 radical (unpaired) electrons. The molecule has 0 aliphatic carbocycles. The SMILES string of the molecule is CCOC1=NCCOCC1. The van der Waals surface area contributed by atoms with Gasteiger partial charge in [-0.1, -0.05) is 0 Å². The lowest BCUT2D eigenvalue weighted by Gasteiger charge is -2.02. The van der Waals surface area contributed by atoms with Crippen molar-refractivity contribution in [1.29, 1.82) is 0 Å². The molecule has 1 aliphatic rings. The first kappa shape index (κ1) is 7.54. The van der Waals surface area contributed by atoms with Gasteiger partial charge in [0.1, 0.15) is 0 Å². The summed E-state index contributed by atoms with van der Waals surface area (Å²) in [6, 6.07) is 0. The molecule has 3 heteroatoms. The zero-order chi connectivity index (χ0) is 7.23. The molecule has 0 bridgehead atoms. The predicted octanol–water partition coefficient (Wildman–Crippen LogP) is 0.842. The van der Waals surface area contributed by atoms with Crippen LogP contribution in [0.4, 0.5) is 0 Å². The summed E-state index contributed by atoms with van der Waals surface area (Å²) in [7, 11) is 0. The zero-order valence-corrected chi connectivity index (χ0v) is 6.30. The molecular weight excluding hydrogens is 130 g/mol. The van der Waals surface area contributed by atoms with E-state index >= 15 is 0 Å². The van der Waals surface area contributed by atoms with Crippen LogP contribution in [0.1, 0.15) is 13.3 Å². The predicted molar refractivity (Wildman–Crippen MR) is 39.4 cm³/mol. The molecule has 0 spiro atoms. The Morgan fingerprint density at radius 2 is 2.50 bits per heavy atom. The largest absolute Gasteiger partial charge is 0.481 e. The molecule has 0 saturated carbocycles. The van der Waals surface area contributed by atoms with Gasteiger partial charge in [0.25, 0.3) is 0 Å². The van der Waals surface area contributed by atoms with Crippen LogP contribution < -0.4 is 0 Å². The molecular formula is C7H13NO2. The van der Waals surface area contributed by atoms with Crippen LogP contribution in [0.5, 0.6) is 0 Å². The van der Waals surface area contributed by atoms with Crippen molar-refractivity contribution in [3.63, 3.8) is 0 Å². The molecule has 0 N–H and O–H groups in total. The highest BCUT2D eigenvalue weighted by Crippen LogP contribution is 1.96. The summed E-state index contributed by atoms with van der Waals surface area (Å²) in [5.74, 6) is 0.847. The van der Waals surface area contributed by atoms with Crippen LogP contribution in [0.25, 0.3) is 0 Å². The first-order valence-electron chi connectivity index (χ1n) is 3.67. The summed E-state index contributed by atoms with van der Waals surface area (Å²) in [4.78, 5) is 4.18. The molecule has 3 nitrogen and oxygen atoms in total. The van der Waals surface area contributed by atoms with Gasteiger partial charge < -0.3 is 9.47 Å². The van der Waals surface area contributed by atoms with Crippen LogP contribution >= 0.6 is 0 Å². The zero-order valence-electron chi connectivity index (χ0n) is 6.30. The Morgan fingerprint density at radius 3 is 3.30 bits per heavy atom. The third-order valence-corrected chi connectivity index (χ3v) is 1.29. The minimum Gasteiger partial charge on any atom is -0.481 e. The molecule has 10 heavy (non-hydrogen) atoms. The Balaban J connectivity index is 2.31. The fourth-order valence-electron chi connectivity index (χ4n) is 0.860. The molecule has 1 rings (SSSR count). The maximum absolute atomic E-state index is 5.23. The molecule has 0 atom stereocenters. The minimum absolute atomic E-state index is 0.707. The molecule has 0 aromatic carbocycles.